The number of carbonyl (C=O) groups is 3. The van der Waals surface area contributed by atoms with Gasteiger partial charge in [-0.3, -0.25) is 14.5 Å². The number of imide groups is 1. The number of nitrogens with zero attached hydrogens (tertiary/aromatic N) is 1. The van der Waals surface area contributed by atoms with Crippen LogP contribution in [0.1, 0.15) is 45.1 Å². The first-order valence-electron chi connectivity index (χ1n) is 10.4. The molecular weight excluding hydrogens is 354 g/mol. The first-order chi connectivity index (χ1) is 13.4. The van der Waals surface area contributed by atoms with E-state index < -0.39 is 18.1 Å². The summed E-state index contributed by atoms with van der Waals surface area (Å²) in [5.41, 5.74) is 0.977. The van der Waals surface area contributed by atoms with E-state index in [1.807, 2.05) is 30.3 Å². The van der Waals surface area contributed by atoms with E-state index in [0.29, 0.717) is 18.3 Å². The maximum atomic E-state index is 12.8. The summed E-state index contributed by atoms with van der Waals surface area (Å²) >= 11 is 0. The molecule has 0 spiro atoms. The quantitative estimate of drug-likeness (QED) is 0.741. The molecule has 0 radical (unpaired) electrons. The first-order valence-corrected chi connectivity index (χ1v) is 10.4. The Morgan fingerprint density at radius 2 is 1.93 bits per heavy atom. The molecule has 150 valence electrons. The zero-order chi connectivity index (χ0) is 19.8. The third-order valence-electron chi connectivity index (χ3n) is 6.91. The summed E-state index contributed by atoms with van der Waals surface area (Å²) in [6.45, 7) is 3.69. The fourth-order valence-corrected chi connectivity index (χ4v) is 5.38. The highest BCUT2D eigenvalue weighted by Crippen LogP contribution is 2.49. The fourth-order valence-electron chi connectivity index (χ4n) is 5.38. The van der Waals surface area contributed by atoms with Crippen molar-refractivity contribution >= 4 is 17.8 Å². The Morgan fingerprint density at radius 1 is 1.18 bits per heavy atom. The van der Waals surface area contributed by atoms with E-state index in [0.717, 1.165) is 16.4 Å². The Balaban J connectivity index is 1.36. The van der Waals surface area contributed by atoms with Crippen molar-refractivity contribution in [2.75, 3.05) is 0 Å². The SMILES string of the molecule is C[C@H](NC(=O)[C@H](C)N1C(=O)N[C@H](Cc2ccccc2)C1=O)[C@H]1C[C@H]2CC[C@H]1C2. The minimum Gasteiger partial charge on any atom is -0.352 e. The summed E-state index contributed by atoms with van der Waals surface area (Å²) in [7, 11) is 0. The van der Waals surface area contributed by atoms with Crippen LogP contribution in [0.3, 0.4) is 0 Å². The van der Waals surface area contributed by atoms with Gasteiger partial charge in [-0.15, -0.1) is 0 Å². The van der Waals surface area contributed by atoms with Gasteiger partial charge in [0.15, 0.2) is 0 Å². The fraction of sp³-hybridized carbons (Fsp3) is 0.591. The maximum absolute atomic E-state index is 12.8. The second kappa shape index (κ2) is 7.57. The van der Waals surface area contributed by atoms with Crippen LogP contribution in [0.4, 0.5) is 4.79 Å². The van der Waals surface area contributed by atoms with E-state index in [-0.39, 0.29) is 17.9 Å². The number of hydrogen-bond acceptors (Lipinski definition) is 3. The highest BCUT2D eigenvalue weighted by atomic mass is 16.2. The summed E-state index contributed by atoms with van der Waals surface area (Å²) in [4.78, 5) is 39.0. The Labute approximate surface area is 166 Å². The highest BCUT2D eigenvalue weighted by molar-refractivity contribution is 6.07. The predicted octanol–water partition coefficient (Wildman–Crippen LogP) is 2.48. The van der Waals surface area contributed by atoms with Crippen LogP contribution in [-0.2, 0) is 16.0 Å². The van der Waals surface area contributed by atoms with Gasteiger partial charge in [0, 0.05) is 12.5 Å². The molecule has 2 saturated carbocycles. The number of amides is 4. The molecule has 1 heterocycles. The number of carbonyl (C=O) groups excluding carboxylic acids is 3. The Kier molecular flexibility index (Phi) is 5.13. The highest BCUT2D eigenvalue weighted by Gasteiger charge is 2.45. The molecule has 0 aromatic heterocycles. The third-order valence-corrected chi connectivity index (χ3v) is 6.91. The van der Waals surface area contributed by atoms with Crippen LogP contribution >= 0.6 is 0 Å². The van der Waals surface area contributed by atoms with Crippen molar-refractivity contribution in [1.82, 2.24) is 15.5 Å². The second-order valence-corrected chi connectivity index (χ2v) is 8.71. The smallest absolute Gasteiger partial charge is 0.325 e. The molecule has 3 fully saturated rings. The average molecular weight is 383 g/mol. The Bertz CT molecular complexity index is 766. The molecule has 2 N–H and O–H groups in total. The topological polar surface area (TPSA) is 78.5 Å². The Hall–Kier alpha value is -2.37. The van der Waals surface area contributed by atoms with Gasteiger partial charge in [0.05, 0.1) is 0 Å². The number of nitrogens with one attached hydrogen (secondary N) is 2. The number of benzene rings is 1. The van der Waals surface area contributed by atoms with Crippen molar-refractivity contribution < 1.29 is 14.4 Å². The van der Waals surface area contributed by atoms with Crippen molar-refractivity contribution in [2.24, 2.45) is 17.8 Å². The molecule has 3 aliphatic rings. The molecule has 1 aromatic rings. The monoisotopic (exact) mass is 383 g/mol. The van der Waals surface area contributed by atoms with Gasteiger partial charge in [-0.25, -0.2) is 4.79 Å². The normalized spacial score (nSPS) is 31.0. The molecule has 2 aliphatic carbocycles. The van der Waals surface area contributed by atoms with Crippen LogP contribution in [0.2, 0.25) is 0 Å². The maximum Gasteiger partial charge on any atom is 0.325 e. The van der Waals surface area contributed by atoms with Crippen molar-refractivity contribution in [3.05, 3.63) is 35.9 Å². The number of hydrogen-bond donors (Lipinski definition) is 2. The molecule has 4 amide bonds. The van der Waals surface area contributed by atoms with Crippen LogP contribution in [0.5, 0.6) is 0 Å². The van der Waals surface area contributed by atoms with Crippen LogP contribution in [-0.4, -0.2) is 40.9 Å². The van der Waals surface area contributed by atoms with E-state index in [1.54, 1.807) is 6.92 Å². The first kappa shape index (κ1) is 19.0. The second-order valence-electron chi connectivity index (χ2n) is 8.71. The lowest BCUT2D eigenvalue weighted by molar-refractivity contribution is -0.135. The van der Waals surface area contributed by atoms with E-state index in [1.165, 1.54) is 25.7 Å². The number of urea groups is 1. The molecule has 0 unspecified atom stereocenters. The summed E-state index contributed by atoms with van der Waals surface area (Å²) in [6, 6.07) is 7.73. The lowest BCUT2D eigenvalue weighted by atomic mass is 9.84. The van der Waals surface area contributed by atoms with Gasteiger partial charge in [-0.1, -0.05) is 36.8 Å². The van der Waals surface area contributed by atoms with Gasteiger partial charge in [0.1, 0.15) is 12.1 Å². The molecular formula is C22H29N3O3. The molecule has 1 aliphatic heterocycles. The summed E-state index contributed by atoms with van der Waals surface area (Å²) < 4.78 is 0. The minimum atomic E-state index is -0.811. The number of rotatable bonds is 6. The van der Waals surface area contributed by atoms with E-state index in [9.17, 15) is 14.4 Å². The molecule has 6 nitrogen and oxygen atoms in total. The predicted molar refractivity (Wildman–Crippen MR) is 105 cm³/mol. The van der Waals surface area contributed by atoms with Crippen LogP contribution in [0.25, 0.3) is 0 Å². The van der Waals surface area contributed by atoms with Gasteiger partial charge in [0.25, 0.3) is 5.91 Å². The molecule has 1 aromatic carbocycles. The van der Waals surface area contributed by atoms with Gasteiger partial charge in [0.2, 0.25) is 5.91 Å². The third kappa shape index (κ3) is 3.52. The van der Waals surface area contributed by atoms with E-state index in [4.69, 9.17) is 0 Å². The van der Waals surface area contributed by atoms with Gasteiger partial charge < -0.3 is 10.6 Å². The van der Waals surface area contributed by atoms with Crippen molar-refractivity contribution in [3.63, 3.8) is 0 Å². The Morgan fingerprint density at radius 3 is 2.57 bits per heavy atom. The van der Waals surface area contributed by atoms with Crippen molar-refractivity contribution in [2.45, 2.75) is 64.1 Å². The molecule has 2 bridgehead atoms. The lowest BCUT2D eigenvalue weighted by Gasteiger charge is -2.30. The van der Waals surface area contributed by atoms with E-state index in [2.05, 4.69) is 17.6 Å². The average Bonchev–Trinajstić information content (AvgIpc) is 3.37. The van der Waals surface area contributed by atoms with Crippen LogP contribution in [0, 0.1) is 17.8 Å². The molecule has 6 heteroatoms. The van der Waals surface area contributed by atoms with Gasteiger partial charge in [-0.05, 0) is 56.4 Å². The molecule has 4 rings (SSSR count). The van der Waals surface area contributed by atoms with Crippen LogP contribution in [0.15, 0.2) is 30.3 Å². The minimum absolute atomic E-state index is 0.0751. The lowest BCUT2D eigenvalue weighted by Crippen LogP contribution is -2.52. The summed E-state index contributed by atoms with van der Waals surface area (Å²) in [5.74, 6) is 1.46. The van der Waals surface area contributed by atoms with E-state index >= 15 is 0 Å². The summed E-state index contributed by atoms with van der Waals surface area (Å²) in [5, 5.41) is 5.80. The van der Waals surface area contributed by atoms with Crippen molar-refractivity contribution in [3.8, 4) is 0 Å². The standard InChI is InChI=1S/C22H29N3O3/c1-13(18-11-16-8-9-17(18)10-16)23-20(26)14(2)25-21(27)19(24-22(25)28)12-15-6-4-3-5-7-15/h3-7,13-14,16-19H,8-12H2,1-2H3,(H,23,26)(H,24,28)/t13-,14-,16-,17-,18+,19+/m0/s1. The van der Waals surface area contributed by atoms with Crippen molar-refractivity contribution in [1.29, 1.82) is 0 Å². The zero-order valence-electron chi connectivity index (χ0n) is 16.6. The van der Waals surface area contributed by atoms with Crippen LogP contribution < -0.4 is 10.6 Å². The van der Waals surface area contributed by atoms with Gasteiger partial charge in [-0.2, -0.15) is 0 Å². The molecule has 6 atom stereocenters. The largest absolute Gasteiger partial charge is 0.352 e. The molecule has 1 saturated heterocycles. The number of fused-ring (bicyclic) bond motifs is 2. The molecule has 28 heavy (non-hydrogen) atoms. The zero-order valence-corrected chi connectivity index (χ0v) is 16.6. The summed E-state index contributed by atoms with van der Waals surface area (Å²) in [6.07, 6.45) is 5.48. The van der Waals surface area contributed by atoms with Gasteiger partial charge >= 0.3 is 6.03 Å².